The van der Waals surface area contributed by atoms with E-state index in [4.69, 9.17) is 5.26 Å². The van der Waals surface area contributed by atoms with E-state index in [0.29, 0.717) is 5.69 Å². The van der Waals surface area contributed by atoms with Gasteiger partial charge in [0.1, 0.15) is 6.07 Å². The number of sulfonamides is 1. The highest BCUT2D eigenvalue weighted by Gasteiger charge is 2.13. The number of rotatable bonds is 7. The first-order valence-corrected chi connectivity index (χ1v) is 7.83. The Hall–Kier alpha value is -2.18. The summed E-state index contributed by atoms with van der Waals surface area (Å²) in [7, 11) is -3.40. The molecule has 9 heteroatoms. The van der Waals surface area contributed by atoms with E-state index in [1.165, 1.54) is 12.1 Å². The lowest BCUT2D eigenvalue weighted by atomic mass is 10.1. The first-order valence-electron chi connectivity index (χ1n) is 6.17. The van der Waals surface area contributed by atoms with Gasteiger partial charge in [0.2, 0.25) is 10.0 Å². The SMILES string of the molecule is CC(C)NS(=O)(=O)CCNc1ccc([N+](=O)[O-])cc1C#N. The molecule has 0 amide bonds. The van der Waals surface area contributed by atoms with Crippen LogP contribution in [0.1, 0.15) is 19.4 Å². The van der Waals surface area contributed by atoms with Crippen molar-refractivity contribution in [1.29, 1.82) is 5.26 Å². The maximum atomic E-state index is 11.6. The standard InChI is InChI=1S/C12H16N4O4S/c1-9(2)15-21(19,20)6-5-14-12-4-3-11(16(17)18)7-10(12)8-13/h3-4,7,9,14-15H,5-6H2,1-2H3. The van der Waals surface area contributed by atoms with Gasteiger partial charge in [-0.2, -0.15) is 5.26 Å². The highest BCUT2D eigenvalue weighted by molar-refractivity contribution is 7.89. The van der Waals surface area contributed by atoms with Gasteiger partial charge in [0.25, 0.3) is 5.69 Å². The fourth-order valence-electron chi connectivity index (χ4n) is 1.63. The Morgan fingerprint density at radius 3 is 2.62 bits per heavy atom. The first kappa shape index (κ1) is 16.9. The van der Waals surface area contributed by atoms with Crippen molar-refractivity contribution in [2.75, 3.05) is 17.6 Å². The van der Waals surface area contributed by atoms with Gasteiger partial charge in [-0.25, -0.2) is 13.1 Å². The lowest BCUT2D eigenvalue weighted by molar-refractivity contribution is -0.384. The molecule has 1 aromatic carbocycles. The highest BCUT2D eigenvalue weighted by atomic mass is 32.2. The van der Waals surface area contributed by atoms with E-state index < -0.39 is 14.9 Å². The van der Waals surface area contributed by atoms with E-state index in [0.717, 1.165) is 6.07 Å². The van der Waals surface area contributed by atoms with Crippen molar-refractivity contribution in [3.8, 4) is 6.07 Å². The summed E-state index contributed by atoms with van der Waals surface area (Å²) in [6.07, 6.45) is 0. The van der Waals surface area contributed by atoms with Crippen molar-refractivity contribution in [1.82, 2.24) is 4.72 Å². The lowest BCUT2D eigenvalue weighted by Gasteiger charge is -2.11. The van der Waals surface area contributed by atoms with Gasteiger partial charge in [-0.1, -0.05) is 0 Å². The Morgan fingerprint density at radius 1 is 1.43 bits per heavy atom. The number of hydrogen-bond donors (Lipinski definition) is 2. The molecule has 0 atom stereocenters. The third-order valence-corrected chi connectivity index (χ3v) is 4.01. The van der Waals surface area contributed by atoms with Gasteiger partial charge >= 0.3 is 0 Å². The van der Waals surface area contributed by atoms with Crippen LogP contribution in [-0.2, 0) is 10.0 Å². The third kappa shape index (κ3) is 5.37. The number of nitro groups is 1. The molecule has 0 saturated heterocycles. The molecule has 2 N–H and O–H groups in total. The summed E-state index contributed by atoms with van der Waals surface area (Å²) < 4.78 is 25.7. The van der Waals surface area contributed by atoms with Gasteiger partial charge in [0, 0.05) is 24.7 Å². The Labute approximate surface area is 123 Å². The van der Waals surface area contributed by atoms with E-state index in [1.54, 1.807) is 13.8 Å². The number of nitriles is 1. The van der Waals surface area contributed by atoms with E-state index in [2.05, 4.69) is 10.0 Å². The van der Waals surface area contributed by atoms with Gasteiger partial charge in [-0.15, -0.1) is 0 Å². The molecule has 0 aromatic heterocycles. The fourth-order valence-corrected chi connectivity index (χ4v) is 2.84. The van der Waals surface area contributed by atoms with Crippen LogP contribution in [0, 0.1) is 21.4 Å². The minimum Gasteiger partial charge on any atom is -0.383 e. The maximum absolute atomic E-state index is 11.6. The van der Waals surface area contributed by atoms with Crippen LogP contribution < -0.4 is 10.0 Å². The predicted molar refractivity (Wildman–Crippen MR) is 78.4 cm³/mol. The van der Waals surface area contributed by atoms with E-state index >= 15 is 0 Å². The summed E-state index contributed by atoms with van der Waals surface area (Å²) in [5, 5.41) is 22.4. The van der Waals surface area contributed by atoms with E-state index in [9.17, 15) is 18.5 Å². The molecular weight excluding hydrogens is 296 g/mol. The van der Waals surface area contributed by atoms with Crippen LogP contribution in [-0.4, -0.2) is 31.7 Å². The molecular formula is C12H16N4O4S. The van der Waals surface area contributed by atoms with Crippen molar-refractivity contribution >= 4 is 21.4 Å². The summed E-state index contributed by atoms with van der Waals surface area (Å²) in [5.74, 6) is -0.160. The van der Waals surface area contributed by atoms with Crippen molar-refractivity contribution in [3.63, 3.8) is 0 Å². The van der Waals surface area contributed by atoms with Crippen LogP contribution in [0.25, 0.3) is 0 Å². The Bertz CT molecular complexity index is 664. The third-order valence-electron chi connectivity index (χ3n) is 2.44. The molecule has 0 heterocycles. The molecule has 1 rings (SSSR count). The highest BCUT2D eigenvalue weighted by Crippen LogP contribution is 2.21. The number of non-ortho nitro benzene ring substituents is 1. The zero-order chi connectivity index (χ0) is 16.0. The zero-order valence-electron chi connectivity index (χ0n) is 11.7. The van der Waals surface area contributed by atoms with Crippen LogP contribution >= 0.6 is 0 Å². The van der Waals surface area contributed by atoms with Gasteiger partial charge in [-0.3, -0.25) is 10.1 Å². The second-order valence-electron chi connectivity index (χ2n) is 4.62. The molecule has 8 nitrogen and oxygen atoms in total. The second kappa shape index (κ2) is 7.01. The molecule has 21 heavy (non-hydrogen) atoms. The van der Waals surface area contributed by atoms with Gasteiger partial charge in [-0.05, 0) is 19.9 Å². The molecule has 0 aliphatic carbocycles. The van der Waals surface area contributed by atoms with E-state index in [-0.39, 0.29) is 29.6 Å². The molecule has 0 aliphatic rings. The summed E-state index contributed by atoms with van der Waals surface area (Å²) in [5.41, 5.74) is 0.271. The maximum Gasteiger partial charge on any atom is 0.270 e. The largest absolute Gasteiger partial charge is 0.383 e. The minimum absolute atomic E-state index is 0.0918. The van der Waals surface area contributed by atoms with Crippen LogP contribution in [0.2, 0.25) is 0 Å². The van der Waals surface area contributed by atoms with Gasteiger partial charge in [0.05, 0.1) is 21.9 Å². The molecule has 0 saturated carbocycles. The Morgan fingerprint density at radius 2 is 2.10 bits per heavy atom. The zero-order valence-corrected chi connectivity index (χ0v) is 12.5. The molecule has 0 spiro atoms. The lowest BCUT2D eigenvalue weighted by Crippen LogP contribution is -2.34. The number of benzene rings is 1. The molecule has 0 fully saturated rings. The smallest absolute Gasteiger partial charge is 0.270 e. The van der Waals surface area contributed by atoms with Crippen LogP contribution in [0.5, 0.6) is 0 Å². The quantitative estimate of drug-likeness (QED) is 0.575. The Kier molecular flexibility index (Phi) is 5.63. The fraction of sp³-hybridized carbons (Fsp3) is 0.417. The average molecular weight is 312 g/mol. The monoisotopic (exact) mass is 312 g/mol. The van der Waals surface area contributed by atoms with Crippen molar-refractivity contribution in [2.24, 2.45) is 0 Å². The topological polar surface area (TPSA) is 125 Å². The van der Waals surface area contributed by atoms with Crippen LogP contribution in [0.15, 0.2) is 18.2 Å². The summed E-state index contributed by atoms with van der Waals surface area (Å²) in [6, 6.07) is 5.43. The number of nitrogens with one attached hydrogen (secondary N) is 2. The first-order chi connectivity index (χ1) is 9.75. The molecule has 0 aliphatic heterocycles. The van der Waals surface area contributed by atoms with Gasteiger partial charge in [0.15, 0.2) is 0 Å². The summed E-state index contributed by atoms with van der Waals surface area (Å²) >= 11 is 0. The minimum atomic E-state index is -3.40. The summed E-state index contributed by atoms with van der Waals surface area (Å²) in [6.45, 7) is 3.53. The molecule has 1 aromatic rings. The summed E-state index contributed by atoms with van der Waals surface area (Å²) in [4.78, 5) is 10.0. The number of nitrogens with zero attached hydrogens (tertiary/aromatic N) is 2. The Balaban J connectivity index is 2.73. The van der Waals surface area contributed by atoms with Crippen molar-refractivity contribution < 1.29 is 13.3 Å². The normalized spacial score (nSPS) is 11.1. The number of nitro benzene ring substituents is 1. The van der Waals surface area contributed by atoms with Crippen molar-refractivity contribution in [3.05, 3.63) is 33.9 Å². The molecule has 0 unspecified atom stereocenters. The van der Waals surface area contributed by atoms with Crippen molar-refractivity contribution in [2.45, 2.75) is 19.9 Å². The predicted octanol–water partition coefficient (Wildman–Crippen LogP) is 1.21. The van der Waals surface area contributed by atoms with Gasteiger partial charge < -0.3 is 5.32 Å². The second-order valence-corrected chi connectivity index (χ2v) is 6.49. The molecule has 114 valence electrons. The average Bonchev–Trinajstić information content (AvgIpc) is 2.36. The number of anilines is 1. The number of hydrogen-bond acceptors (Lipinski definition) is 6. The van der Waals surface area contributed by atoms with Crippen LogP contribution in [0.3, 0.4) is 0 Å². The molecule has 0 radical (unpaired) electrons. The van der Waals surface area contributed by atoms with Crippen LogP contribution in [0.4, 0.5) is 11.4 Å². The van der Waals surface area contributed by atoms with E-state index in [1.807, 2.05) is 6.07 Å². The molecule has 0 bridgehead atoms.